The van der Waals surface area contributed by atoms with Crippen molar-refractivity contribution in [3.8, 4) is 0 Å². The number of ether oxygens (including phenoxy) is 1. The second-order valence-electron chi connectivity index (χ2n) is 14.0. The van der Waals surface area contributed by atoms with Crippen molar-refractivity contribution < 1.29 is 38.4 Å². The average molecular weight is 705 g/mol. The summed E-state index contributed by atoms with van der Waals surface area (Å²) in [5.74, 6) is -2.27. The van der Waals surface area contributed by atoms with Crippen molar-refractivity contribution in [3.05, 3.63) is 99.1 Å². The lowest BCUT2D eigenvalue weighted by atomic mass is 9.82. The summed E-state index contributed by atoms with van der Waals surface area (Å²) < 4.78 is 23.1. The lowest BCUT2D eigenvalue weighted by Gasteiger charge is -2.37. The first-order chi connectivity index (χ1) is 23.6. The monoisotopic (exact) mass is 704 g/mol. The zero-order valence-electron chi connectivity index (χ0n) is 28.3. The Morgan fingerprint density at radius 3 is 2.52 bits per heavy atom. The number of benzene rings is 3. The number of aliphatic hydroxyl groups excluding tert-OH is 2. The summed E-state index contributed by atoms with van der Waals surface area (Å²) in [7, 11) is -3.67. The van der Waals surface area contributed by atoms with E-state index < -0.39 is 60.5 Å². The number of non-ortho nitro benzene ring substituents is 1. The van der Waals surface area contributed by atoms with Gasteiger partial charge in [0.15, 0.2) is 5.60 Å². The Hall–Kier alpha value is -4.50. The summed E-state index contributed by atoms with van der Waals surface area (Å²) in [6.07, 6.45) is -2.03. The number of nitro groups is 1. The van der Waals surface area contributed by atoms with E-state index in [0.717, 1.165) is 11.1 Å². The highest BCUT2D eigenvalue weighted by Gasteiger charge is 2.67. The Morgan fingerprint density at radius 2 is 1.86 bits per heavy atom. The average Bonchev–Trinajstić information content (AvgIpc) is 3.49. The van der Waals surface area contributed by atoms with Gasteiger partial charge in [0.05, 0.1) is 42.3 Å². The van der Waals surface area contributed by atoms with Crippen LogP contribution < -0.4 is 10.2 Å². The van der Waals surface area contributed by atoms with Gasteiger partial charge in [-0.3, -0.25) is 24.5 Å². The van der Waals surface area contributed by atoms with Gasteiger partial charge in [-0.25, -0.2) is 0 Å². The van der Waals surface area contributed by atoms with Gasteiger partial charge in [-0.15, -0.1) is 0 Å². The number of hydrogen-bond acceptors (Lipinski definition) is 8. The van der Waals surface area contributed by atoms with Gasteiger partial charge in [0, 0.05) is 41.4 Å². The number of carbonyl (C=O) groups excluding carboxylic acids is 3. The second kappa shape index (κ2) is 13.3. The Balaban J connectivity index is 1.36. The number of nitro benzene ring substituents is 1. The number of amides is 3. The van der Waals surface area contributed by atoms with Crippen molar-refractivity contribution in [3.63, 3.8) is 0 Å². The van der Waals surface area contributed by atoms with E-state index >= 15 is 4.11 Å². The van der Waals surface area contributed by atoms with Crippen molar-refractivity contribution in [1.82, 2.24) is 4.90 Å². The first kappa shape index (κ1) is 35.3. The van der Waals surface area contributed by atoms with Crippen molar-refractivity contribution in [1.29, 1.82) is 0 Å². The summed E-state index contributed by atoms with van der Waals surface area (Å²) >= 11 is 0. The molecule has 3 aromatic carbocycles. The zero-order chi connectivity index (χ0) is 36.1. The van der Waals surface area contributed by atoms with Crippen LogP contribution in [0.5, 0.6) is 0 Å². The quantitative estimate of drug-likeness (QED) is 0.126. The smallest absolute Gasteiger partial charge is 0.269 e. The van der Waals surface area contributed by atoms with E-state index in [9.17, 15) is 34.7 Å². The highest BCUT2D eigenvalue weighted by Crippen LogP contribution is 2.60. The van der Waals surface area contributed by atoms with E-state index in [-0.39, 0.29) is 43.3 Å². The van der Waals surface area contributed by atoms with Crippen LogP contribution in [0.1, 0.15) is 42.5 Å². The van der Waals surface area contributed by atoms with E-state index in [1.807, 2.05) is 24.3 Å². The molecule has 3 heterocycles. The third-order valence-electron chi connectivity index (χ3n) is 10.3. The molecule has 0 saturated carbocycles. The number of carbonyl (C=O) groups is 3. The fourth-order valence-corrected chi connectivity index (χ4v) is 10.5. The number of halogens is 1. The molecule has 0 aliphatic carbocycles. The Morgan fingerprint density at radius 1 is 1.14 bits per heavy atom. The molecule has 3 aliphatic rings. The van der Waals surface area contributed by atoms with E-state index in [0.29, 0.717) is 23.4 Å². The number of anilines is 2. The molecule has 0 aromatic heterocycles. The molecule has 1 saturated heterocycles. The predicted molar refractivity (Wildman–Crippen MR) is 185 cm³/mol. The molecule has 0 unspecified atom stereocenters. The molecule has 6 rings (SSSR count). The number of nitrogens with one attached hydrogen (secondary N) is 1. The van der Waals surface area contributed by atoms with Crippen LogP contribution in [0.3, 0.4) is 0 Å². The molecule has 0 bridgehead atoms. The maximum Gasteiger partial charge on any atom is 0.269 e. The van der Waals surface area contributed by atoms with Crippen LogP contribution in [0.15, 0.2) is 66.7 Å². The van der Waals surface area contributed by atoms with Crippen LogP contribution in [0.25, 0.3) is 0 Å². The van der Waals surface area contributed by atoms with Gasteiger partial charge < -0.3 is 34.2 Å². The molecule has 0 radical (unpaired) electrons. The van der Waals surface area contributed by atoms with Crippen molar-refractivity contribution in [2.45, 2.75) is 82.3 Å². The van der Waals surface area contributed by atoms with E-state index in [1.54, 1.807) is 36.1 Å². The van der Waals surface area contributed by atoms with Gasteiger partial charge in [-0.1, -0.05) is 43.3 Å². The van der Waals surface area contributed by atoms with Gasteiger partial charge in [-0.2, -0.15) is 0 Å². The molecule has 1 spiro atoms. The molecule has 14 heteroatoms. The SMILES string of the molecule is C[C@H](O)C(=O)Nc1cccc(CN2C(=O)[C@@]3(O[C@@H](CC(=O)N4Cc5ccccc5C[C@H]4CO)[C@H]([Si](C)(C)F)[C@H]3C)c3cc([N+](=O)[O-])ccc32)c1. The lowest BCUT2D eigenvalue weighted by molar-refractivity contribution is -0.385. The highest BCUT2D eigenvalue weighted by molar-refractivity contribution is 6.72. The van der Waals surface area contributed by atoms with Gasteiger partial charge in [0.1, 0.15) is 6.10 Å². The van der Waals surface area contributed by atoms with Gasteiger partial charge >= 0.3 is 0 Å². The van der Waals surface area contributed by atoms with Gasteiger partial charge in [0.2, 0.25) is 14.3 Å². The topological polar surface area (TPSA) is 163 Å². The molecule has 3 aliphatic heterocycles. The third kappa shape index (κ3) is 6.21. The van der Waals surface area contributed by atoms with Crippen LogP contribution in [0.4, 0.5) is 21.2 Å². The minimum Gasteiger partial charge on any atom is -0.394 e. The summed E-state index contributed by atoms with van der Waals surface area (Å²) in [6.45, 7) is 6.09. The highest BCUT2D eigenvalue weighted by atomic mass is 28.4. The van der Waals surface area contributed by atoms with E-state index in [4.69, 9.17) is 4.74 Å². The standard InChI is InChI=1S/C36H41FN4O8Si/c1-21-33(50(3,4)37)31(17-32(44)39-19-25-10-6-5-9-24(25)15-28(39)20-42)49-36(21)29-16-27(41(47)48)12-13-30(29)40(35(36)46)18-23-8-7-11-26(14-23)38-34(45)22(2)43/h5-14,16,21-22,28,31,33,42-43H,15,17-20H2,1-4H3,(H,38,45)/t21-,22+,28+,31+,33-,36+/m1/s1. The minimum absolute atomic E-state index is 0.00403. The molecule has 1 fully saturated rings. The molecule has 3 amide bonds. The van der Waals surface area contributed by atoms with Crippen molar-refractivity contribution >= 4 is 43.2 Å². The van der Waals surface area contributed by atoms with Crippen molar-refractivity contribution in [2.24, 2.45) is 5.92 Å². The van der Waals surface area contributed by atoms with E-state index in [1.165, 1.54) is 43.1 Å². The Kier molecular flexibility index (Phi) is 9.41. The summed E-state index contributed by atoms with van der Waals surface area (Å²) in [5.41, 5.74) is 0.707. The fraction of sp³-hybridized carbons (Fsp3) is 0.417. The van der Waals surface area contributed by atoms with Gasteiger partial charge in [-0.05, 0) is 61.3 Å². The van der Waals surface area contributed by atoms with Crippen LogP contribution in [0.2, 0.25) is 18.6 Å². The summed E-state index contributed by atoms with van der Waals surface area (Å²) in [5, 5.41) is 34.4. The molecular weight excluding hydrogens is 664 g/mol. The third-order valence-corrected chi connectivity index (χ3v) is 12.8. The molecule has 264 valence electrons. The Bertz CT molecular complexity index is 1850. The molecule has 6 atom stereocenters. The van der Waals surface area contributed by atoms with Crippen LogP contribution in [-0.4, -0.2) is 71.0 Å². The second-order valence-corrected chi connectivity index (χ2v) is 17.8. The van der Waals surface area contributed by atoms with Crippen molar-refractivity contribution in [2.75, 3.05) is 16.8 Å². The fourth-order valence-electron chi connectivity index (χ4n) is 8.01. The first-order valence-corrected chi connectivity index (χ1v) is 19.6. The number of fused-ring (bicyclic) bond motifs is 3. The molecule has 50 heavy (non-hydrogen) atoms. The van der Waals surface area contributed by atoms with E-state index in [2.05, 4.69) is 5.32 Å². The normalized spacial score (nSPS) is 25.0. The van der Waals surface area contributed by atoms with Crippen LogP contribution in [0, 0.1) is 16.0 Å². The number of nitrogens with zero attached hydrogens (tertiary/aromatic N) is 3. The largest absolute Gasteiger partial charge is 0.394 e. The predicted octanol–water partition coefficient (Wildman–Crippen LogP) is 4.57. The number of aliphatic hydroxyl groups is 2. The summed E-state index contributed by atoms with van der Waals surface area (Å²) in [4.78, 5) is 55.4. The number of hydrogen-bond donors (Lipinski definition) is 3. The van der Waals surface area contributed by atoms with Crippen LogP contribution >= 0.6 is 0 Å². The maximum absolute atomic E-state index is 16.4. The lowest BCUT2D eigenvalue weighted by Crippen LogP contribution is -2.48. The van der Waals surface area contributed by atoms with Crippen LogP contribution in [-0.2, 0) is 44.2 Å². The molecule has 12 nitrogen and oxygen atoms in total. The molecule has 3 aromatic rings. The van der Waals surface area contributed by atoms with Gasteiger partial charge in [0.25, 0.3) is 17.5 Å². The first-order valence-electron chi connectivity index (χ1n) is 16.7. The Labute approximate surface area is 290 Å². The zero-order valence-corrected chi connectivity index (χ0v) is 29.3. The molecule has 3 N–H and O–H groups in total. The minimum atomic E-state index is -3.67. The molecular formula is C36H41FN4O8Si. The number of rotatable bonds is 9. The summed E-state index contributed by atoms with van der Waals surface area (Å²) in [6, 6.07) is 18.0. The maximum atomic E-state index is 16.4.